The molecular formula is C19H29ClN4O. The maximum Gasteiger partial charge on any atom is 0.239 e. The van der Waals surface area contributed by atoms with E-state index < -0.39 is 0 Å². The maximum absolute atomic E-state index is 12.8. The van der Waals surface area contributed by atoms with E-state index in [0.717, 1.165) is 63.9 Å². The molecule has 0 aliphatic carbocycles. The Labute approximate surface area is 156 Å². The fourth-order valence-electron chi connectivity index (χ4n) is 3.75. The molecule has 2 heterocycles. The van der Waals surface area contributed by atoms with Crippen molar-refractivity contribution in [2.24, 2.45) is 0 Å². The van der Waals surface area contributed by atoms with Crippen LogP contribution in [0.4, 0.5) is 5.69 Å². The Kier molecular flexibility index (Phi) is 6.20. The minimum absolute atomic E-state index is 0.0327. The van der Waals surface area contributed by atoms with Crippen molar-refractivity contribution in [1.82, 2.24) is 14.7 Å². The van der Waals surface area contributed by atoms with Gasteiger partial charge in [-0.15, -0.1) is 0 Å². The largest absolute Gasteiger partial charge is 0.369 e. The molecule has 2 saturated heterocycles. The third-order valence-electron chi connectivity index (χ3n) is 5.52. The van der Waals surface area contributed by atoms with Gasteiger partial charge < -0.3 is 14.7 Å². The van der Waals surface area contributed by atoms with E-state index in [2.05, 4.69) is 34.6 Å². The predicted molar refractivity (Wildman–Crippen MR) is 103 cm³/mol. The summed E-state index contributed by atoms with van der Waals surface area (Å²) in [6, 6.07) is 7.98. The number of piperazine rings is 2. The summed E-state index contributed by atoms with van der Waals surface area (Å²) in [6.07, 6.45) is 0. The molecule has 25 heavy (non-hydrogen) atoms. The molecule has 1 unspecified atom stereocenters. The summed E-state index contributed by atoms with van der Waals surface area (Å²) in [5.41, 5.74) is 1.17. The van der Waals surface area contributed by atoms with Gasteiger partial charge in [0, 0.05) is 63.1 Å². The number of hydrogen-bond donors (Lipinski definition) is 0. The number of hydrogen-bond acceptors (Lipinski definition) is 4. The van der Waals surface area contributed by atoms with Gasteiger partial charge in [-0.1, -0.05) is 24.6 Å². The zero-order chi connectivity index (χ0) is 17.8. The third kappa shape index (κ3) is 4.46. The zero-order valence-corrected chi connectivity index (χ0v) is 16.1. The monoisotopic (exact) mass is 364 g/mol. The van der Waals surface area contributed by atoms with Gasteiger partial charge in [-0.05, 0) is 31.7 Å². The SMILES string of the molecule is CCN1CCN(C(=O)C(C)N2CCN(c3cccc(Cl)c3)CC2)CC1. The lowest BCUT2D eigenvalue weighted by Crippen LogP contribution is -2.57. The molecule has 0 saturated carbocycles. The molecule has 138 valence electrons. The molecule has 0 radical (unpaired) electrons. The van der Waals surface area contributed by atoms with Crippen LogP contribution in [0.5, 0.6) is 0 Å². The summed E-state index contributed by atoms with van der Waals surface area (Å²) in [6.45, 7) is 12.7. The van der Waals surface area contributed by atoms with Crippen molar-refractivity contribution < 1.29 is 4.79 Å². The first-order chi connectivity index (χ1) is 12.1. The zero-order valence-electron chi connectivity index (χ0n) is 15.3. The highest BCUT2D eigenvalue weighted by Gasteiger charge is 2.30. The number of rotatable bonds is 4. The van der Waals surface area contributed by atoms with Crippen LogP contribution in [-0.2, 0) is 4.79 Å². The van der Waals surface area contributed by atoms with Crippen LogP contribution in [0.15, 0.2) is 24.3 Å². The number of benzene rings is 1. The Morgan fingerprint density at radius 2 is 1.76 bits per heavy atom. The second-order valence-corrected chi connectivity index (χ2v) is 7.37. The number of carbonyl (C=O) groups is 1. The molecule has 0 N–H and O–H groups in total. The van der Waals surface area contributed by atoms with E-state index in [9.17, 15) is 4.79 Å². The first-order valence-corrected chi connectivity index (χ1v) is 9.72. The van der Waals surface area contributed by atoms with Gasteiger partial charge in [-0.3, -0.25) is 9.69 Å². The Morgan fingerprint density at radius 3 is 2.36 bits per heavy atom. The van der Waals surface area contributed by atoms with Crippen molar-refractivity contribution in [3.8, 4) is 0 Å². The Bertz CT molecular complexity index is 581. The van der Waals surface area contributed by atoms with Crippen LogP contribution < -0.4 is 4.90 Å². The highest BCUT2D eigenvalue weighted by Crippen LogP contribution is 2.21. The second kappa shape index (κ2) is 8.39. The van der Waals surface area contributed by atoms with Crippen molar-refractivity contribution in [2.75, 3.05) is 63.8 Å². The minimum atomic E-state index is -0.0327. The summed E-state index contributed by atoms with van der Waals surface area (Å²) < 4.78 is 0. The summed E-state index contributed by atoms with van der Waals surface area (Å²) in [4.78, 5) is 21.9. The van der Waals surface area contributed by atoms with E-state index in [1.807, 2.05) is 23.1 Å². The molecule has 1 atom stereocenters. The fourth-order valence-corrected chi connectivity index (χ4v) is 3.93. The van der Waals surface area contributed by atoms with Crippen LogP contribution in [0, 0.1) is 0 Å². The average molecular weight is 365 g/mol. The van der Waals surface area contributed by atoms with Gasteiger partial charge in [0.05, 0.1) is 6.04 Å². The minimum Gasteiger partial charge on any atom is -0.369 e. The molecule has 3 rings (SSSR count). The first kappa shape index (κ1) is 18.5. The number of halogens is 1. The Morgan fingerprint density at radius 1 is 1.08 bits per heavy atom. The highest BCUT2D eigenvalue weighted by atomic mass is 35.5. The van der Waals surface area contributed by atoms with Crippen LogP contribution in [0.1, 0.15) is 13.8 Å². The Hall–Kier alpha value is -1.30. The topological polar surface area (TPSA) is 30.0 Å². The summed E-state index contributed by atoms with van der Waals surface area (Å²) >= 11 is 6.10. The van der Waals surface area contributed by atoms with Crippen LogP contribution in [0.25, 0.3) is 0 Å². The number of carbonyl (C=O) groups excluding carboxylic acids is 1. The molecule has 6 heteroatoms. The lowest BCUT2D eigenvalue weighted by atomic mass is 10.1. The lowest BCUT2D eigenvalue weighted by Gasteiger charge is -2.41. The van der Waals surface area contributed by atoms with E-state index in [1.165, 1.54) is 5.69 Å². The molecule has 0 bridgehead atoms. The quantitative estimate of drug-likeness (QED) is 0.817. The van der Waals surface area contributed by atoms with Crippen molar-refractivity contribution >= 4 is 23.2 Å². The molecule has 0 spiro atoms. The molecule has 2 aliphatic rings. The van der Waals surface area contributed by atoms with E-state index in [-0.39, 0.29) is 11.9 Å². The fraction of sp³-hybridized carbons (Fsp3) is 0.632. The molecule has 1 aromatic rings. The van der Waals surface area contributed by atoms with Gasteiger partial charge in [-0.25, -0.2) is 0 Å². The number of anilines is 1. The van der Waals surface area contributed by atoms with Gasteiger partial charge in [0.15, 0.2) is 0 Å². The maximum atomic E-state index is 12.8. The second-order valence-electron chi connectivity index (χ2n) is 6.94. The van der Waals surface area contributed by atoms with Crippen molar-refractivity contribution in [2.45, 2.75) is 19.9 Å². The predicted octanol–water partition coefficient (Wildman–Crippen LogP) is 2.01. The van der Waals surface area contributed by atoms with Gasteiger partial charge in [-0.2, -0.15) is 0 Å². The summed E-state index contributed by atoms with van der Waals surface area (Å²) in [5, 5.41) is 0.773. The van der Waals surface area contributed by atoms with Gasteiger partial charge in [0.25, 0.3) is 0 Å². The standard InChI is InChI=1S/C19H29ClN4O/c1-3-21-7-9-24(10-8-21)19(25)16(2)22-11-13-23(14-12-22)18-6-4-5-17(20)15-18/h4-6,15-16H,3,7-14H2,1-2H3. The lowest BCUT2D eigenvalue weighted by molar-refractivity contribution is -0.138. The van der Waals surface area contributed by atoms with Crippen molar-refractivity contribution in [3.05, 3.63) is 29.3 Å². The molecule has 0 aromatic heterocycles. The summed E-state index contributed by atoms with van der Waals surface area (Å²) in [5.74, 6) is 0.284. The van der Waals surface area contributed by atoms with Crippen LogP contribution >= 0.6 is 11.6 Å². The smallest absolute Gasteiger partial charge is 0.239 e. The van der Waals surface area contributed by atoms with E-state index in [1.54, 1.807) is 0 Å². The first-order valence-electron chi connectivity index (χ1n) is 9.34. The van der Waals surface area contributed by atoms with E-state index >= 15 is 0 Å². The van der Waals surface area contributed by atoms with Gasteiger partial charge >= 0.3 is 0 Å². The summed E-state index contributed by atoms with van der Waals surface area (Å²) in [7, 11) is 0. The van der Waals surface area contributed by atoms with E-state index in [0.29, 0.717) is 0 Å². The van der Waals surface area contributed by atoms with Gasteiger partial charge in [0.2, 0.25) is 5.91 Å². The third-order valence-corrected chi connectivity index (χ3v) is 5.76. The van der Waals surface area contributed by atoms with Crippen molar-refractivity contribution in [1.29, 1.82) is 0 Å². The normalized spacial score (nSPS) is 21.4. The molecule has 2 fully saturated rings. The number of amides is 1. The van der Waals surface area contributed by atoms with Gasteiger partial charge in [0.1, 0.15) is 0 Å². The Balaban J connectivity index is 1.51. The number of nitrogens with zero attached hydrogens (tertiary/aromatic N) is 4. The van der Waals surface area contributed by atoms with Crippen LogP contribution in [0.2, 0.25) is 5.02 Å². The average Bonchev–Trinajstić information content (AvgIpc) is 2.67. The molecule has 2 aliphatic heterocycles. The van der Waals surface area contributed by atoms with Crippen LogP contribution in [0.3, 0.4) is 0 Å². The van der Waals surface area contributed by atoms with Crippen molar-refractivity contribution in [3.63, 3.8) is 0 Å². The molecule has 1 amide bonds. The molecular weight excluding hydrogens is 336 g/mol. The number of likely N-dealkylation sites (N-methyl/N-ethyl adjacent to an activating group) is 1. The van der Waals surface area contributed by atoms with Crippen LogP contribution in [-0.4, -0.2) is 85.6 Å². The molecule has 1 aromatic carbocycles. The van der Waals surface area contributed by atoms with E-state index in [4.69, 9.17) is 11.6 Å². The highest BCUT2D eigenvalue weighted by molar-refractivity contribution is 6.30. The molecule has 5 nitrogen and oxygen atoms in total.